The number of carbonyl (C=O) groups excluding carboxylic acids is 8. The van der Waals surface area contributed by atoms with E-state index in [0.717, 1.165) is 120 Å². The predicted molar refractivity (Wildman–Crippen MR) is 400 cm³/mol. The maximum Gasteiger partial charge on any atom is 0.330 e. The summed E-state index contributed by atoms with van der Waals surface area (Å²) in [7, 11) is 0. The summed E-state index contributed by atoms with van der Waals surface area (Å²) in [4.78, 5) is 137. The van der Waals surface area contributed by atoms with Gasteiger partial charge in [0.2, 0.25) is 41.2 Å². The van der Waals surface area contributed by atoms with Crippen LogP contribution < -0.4 is 51.4 Å². The minimum atomic E-state index is -2.50. The Balaban J connectivity index is 1.01. The number of carbonyl (C=O) groups is 9. The number of fused-ring (bicyclic) bond motifs is 14. The van der Waals surface area contributed by atoms with Gasteiger partial charge in [0.15, 0.2) is 35.3 Å². The van der Waals surface area contributed by atoms with Crippen molar-refractivity contribution < 1.29 is 123 Å². The zero-order chi connectivity index (χ0) is 80.9. The van der Waals surface area contributed by atoms with Gasteiger partial charge in [-0.25, -0.2) is 4.79 Å². The van der Waals surface area contributed by atoms with E-state index in [-0.39, 0.29) is 65.5 Å². The number of thioether (sulfide) groups is 2. The van der Waals surface area contributed by atoms with Gasteiger partial charge in [-0.15, -0.1) is 23.5 Å². The van der Waals surface area contributed by atoms with Crippen molar-refractivity contribution in [2.75, 3.05) is 18.1 Å². The molecule has 8 aliphatic rings. The molecule has 8 amide bonds. The molecule has 7 aromatic rings. The zero-order valence-electron chi connectivity index (χ0n) is 59.4. The molecule has 0 aromatic heterocycles. The van der Waals surface area contributed by atoms with E-state index < -0.39 is 225 Å². The molecule has 18 N–H and O–H groups in total. The van der Waals surface area contributed by atoms with Crippen LogP contribution in [-0.2, 0) is 59.0 Å². The molecule has 33 nitrogen and oxygen atoms in total. The van der Waals surface area contributed by atoms with Gasteiger partial charge in [-0.05, 0) is 137 Å². The number of amides is 8. The molecule has 1 fully saturated rings. The number of carboxylic acids is 1. The van der Waals surface area contributed by atoms with Crippen molar-refractivity contribution in [3.05, 3.63) is 174 Å². The molecule has 113 heavy (non-hydrogen) atoms. The van der Waals surface area contributed by atoms with Gasteiger partial charge in [0.05, 0.1) is 32.5 Å². The number of imide groups is 1. The molecule has 0 aliphatic carbocycles. The van der Waals surface area contributed by atoms with Crippen LogP contribution in [0.1, 0.15) is 109 Å². The van der Waals surface area contributed by atoms with Gasteiger partial charge in [-0.1, -0.05) is 61.3 Å². The third-order valence-electron chi connectivity index (χ3n) is 19.2. The standard InChI is InChI=1S/C76H72Cl2N8O25S2/c1-4-14-112-65-66(113-15-5-2)74(104)86(73(65)103)60-32-8-11-45(92)49(22-32)107-38-19-34(18-36(89)25-38)55-69(99)83-56-35-23-50(108-47-12-6-30(16-41(47)77)17-43(67(97)81-55)80-72(60)102)61(94)51(24-35)109-48-13-9-33(21-42(48)78)64(111-76-58(79-29(3)88)63(96)62(95)52(28-87)110-76)59-71(101)84-57(75(105)106)40-26-37(90)27-46(93)53(40)39-20-31(7-10-44(39)91)54(68(98)85-59)82-70(56)100/h6-13,16,18-27,43,52,54-60,62-64,70,76,82,87,89-96,100H,4-5,14-15,17,28H2,1-3H3,(H,79,88)(H,80,102)(H,81,97)(H,83,99)(H,84,101)(H,85,98)(H,105,106)/t43-,52-,54-,55+,56-,57-,58-,59-,60-,62-,63-,64-,70?,76+/m1/s1. The topological polar surface area (TPSA) is 510 Å². The van der Waals surface area contributed by atoms with Gasteiger partial charge in [-0.3, -0.25) is 48.6 Å². The third kappa shape index (κ3) is 16.2. The van der Waals surface area contributed by atoms with E-state index in [4.69, 9.17) is 46.9 Å². The Hall–Kier alpha value is -11.1. The number of hydrogen-bond donors (Lipinski definition) is 18. The number of nitrogens with zero attached hydrogens (tertiary/aromatic N) is 1. The lowest BCUT2D eigenvalue weighted by atomic mass is 9.89. The second-order valence-electron chi connectivity index (χ2n) is 27.1. The molecule has 0 spiro atoms. The summed E-state index contributed by atoms with van der Waals surface area (Å²) in [5, 5.41) is 145. The monoisotopic (exact) mass is 1630 g/mol. The number of halogens is 2. The Morgan fingerprint density at radius 1 is 0.584 bits per heavy atom. The smallest absolute Gasteiger partial charge is 0.330 e. The number of aliphatic hydroxyl groups excluding tert-OH is 4. The Morgan fingerprint density at radius 2 is 1.20 bits per heavy atom. The Kier molecular flexibility index (Phi) is 23.3. The van der Waals surface area contributed by atoms with E-state index in [0.29, 0.717) is 24.3 Å². The van der Waals surface area contributed by atoms with Gasteiger partial charge in [0.1, 0.15) is 107 Å². The molecule has 592 valence electrons. The number of carboxylic acid groups (broad SMARTS) is 1. The second kappa shape index (κ2) is 32.9. The van der Waals surface area contributed by atoms with Crippen LogP contribution in [0.5, 0.6) is 69.0 Å². The minimum Gasteiger partial charge on any atom is -0.508 e. The molecule has 8 heterocycles. The fourth-order valence-corrected chi connectivity index (χ4v) is 16.4. The lowest BCUT2D eigenvalue weighted by Gasteiger charge is -2.44. The van der Waals surface area contributed by atoms with Crippen LogP contribution in [0.4, 0.5) is 0 Å². The maximum atomic E-state index is 16.2. The molecule has 7 aromatic carbocycles. The minimum absolute atomic E-state index is 0.0616. The van der Waals surface area contributed by atoms with E-state index in [1.54, 1.807) is 0 Å². The van der Waals surface area contributed by atoms with Crippen molar-refractivity contribution in [2.45, 2.75) is 125 Å². The van der Waals surface area contributed by atoms with Gasteiger partial charge in [0.25, 0.3) is 11.8 Å². The first-order chi connectivity index (χ1) is 53.9. The average Bonchev–Trinajstić information content (AvgIpc) is 1.61. The van der Waals surface area contributed by atoms with Crippen LogP contribution in [0.2, 0.25) is 10.0 Å². The van der Waals surface area contributed by atoms with E-state index in [9.17, 15) is 75.3 Å². The van der Waals surface area contributed by atoms with Gasteiger partial charge >= 0.3 is 5.97 Å². The number of nitrogens with one attached hydrogen (secondary N) is 7. The van der Waals surface area contributed by atoms with Crippen LogP contribution in [-0.4, -0.2) is 181 Å². The van der Waals surface area contributed by atoms with Crippen LogP contribution in [0, 0.1) is 0 Å². The van der Waals surface area contributed by atoms with Crippen molar-refractivity contribution in [1.82, 2.24) is 42.1 Å². The molecule has 1 saturated heterocycles. The molecular formula is C76H72Cl2N8O25S2. The summed E-state index contributed by atoms with van der Waals surface area (Å²) in [6.07, 6.45) is -11.7. The van der Waals surface area contributed by atoms with Crippen molar-refractivity contribution in [3.8, 4) is 80.1 Å². The molecule has 14 atom stereocenters. The molecule has 0 saturated carbocycles. The van der Waals surface area contributed by atoms with E-state index >= 15 is 24.0 Å². The van der Waals surface area contributed by atoms with Crippen molar-refractivity contribution >= 4 is 100.0 Å². The van der Waals surface area contributed by atoms with Crippen LogP contribution in [0.3, 0.4) is 0 Å². The highest BCUT2D eigenvalue weighted by Crippen LogP contribution is 2.50. The number of aromatic hydroxyl groups is 6. The third-order valence-corrected chi connectivity index (χ3v) is 22.5. The first-order valence-electron chi connectivity index (χ1n) is 35.1. The highest BCUT2D eigenvalue weighted by Gasteiger charge is 2.51. The predicted octanol–water partition coefficient (Wildman–Crippen LogP) is 5.65. The lowest BCUT2D eigenvalue weighted by molar-refractivity contribution is -0.284. The van der Waals surface area contributed by atoms with E-state index in [1.165, 1.54) is 30.3 Å². The zero-order valence-corrected chi connectivity index (χ0v) is 62.6. The first kappa shape index (κ1) is 80.0. The van der Waals surface area contributed by atoms with Crippen molar-refractivity contribution in [2.24, 2.45) is 0 Å². The van der Waals surface area contributed by atoms with Crippen molar-refractivity contribution in [3.63, 3.8) is 0 Å². The molecule has 1 unspecified atom stereocenters. The summed E-state index contributed by atoms with van der Waals surface area (Å²) >= 11 is 16.5. The fourth-order valence-electron chi connectivity index (χ4n) is 13.9. The van der Waals surface area contributed by atoms with Gasteiger partial charge in [0, 0.05) is 42.2 Å². The Labute approximate surface area is 659 Å². The lowest BCUT2D eigenvalue weighted by Crippen LogP contribution is -2.65. The number of benzene rings is 7. The number of phenolic OH excluding ortho intramolecular Hbond substituents is 6. The molecule has 17 bridgehead atoms. The number of aliphatic carboxylic acids is 1. The second-order valence-corrected chi connectivity index (χ2v) is 30.1. The molecular weight excluding hydrogens is 1560 g/mol. The summed E-state index contributed by atoms with van der Waals surface area (Å²) in [5.74, 6) is -17.2. The number of hydrogen-bond acceptors (Lipinski definition) is 27. The SMILES string of the molecule is CCCSC1=C(SCCC)C(=O)N([C@H]2C(=O)N[C@@H]3Cc4ccc(c(Cl)c4)Oc4cc5cc(c4O)Oc4ccc(cc4Cl)[C@@H](O[C@@H]4O[C@H](CO)[C@@H](O)[C@H](O)[C@H]4NC(C)=O)[C@H]4NC(=O)[C@H](NC(O)[C@@H]5NC(=O)[C@@H](NC3=O)c3cc(O)cc(c3)Oc3cc2ccc3O)c2ccc(O)c(c2)-c2c(O)cc(O)cc2[C@H](C(=O)O)NC4=O)C1=O. The summed E-state index contributed by atoms with van der Waals surface area (Å²) in [5.41, 5.74) is -2.84. The Morgan fingerprint density at radius 3 is 1.85 bits per heavy atom. The molecule has 37 heteroatoms. The van der Waals surface area contributed by atoms with E-state index in [1.807, 2.05) is 13.8 Å². The summed E-state index contributed by atoms with van der Waals surface area (Å²) in [6.45, 7) is 3.75. The van der Waals surface area contributed by atoms with E-state index in [2.05, 4.69) is 37.2 Å². The molecule has 0 radical (unpaired) electrons. The highest BCUT2D eigenvalue weighted by molar-refractivity contribution is 8.08. The normalized spacial score (nSPS) is 25.1. The average molecular weight is 1630 g/mol. The van der Waals surface area contributed by atoms with Gasteiger partial charge < -0.3 is 112 Å². The summed E-state index contributed by atoms with van der Waals surface area (Å²) in [6, 6.07) is 4.31. The first-order valence-corrected chi connectivity index (χ1v) is 37.8. The maximum absolute atomic E-state index is 16.2. The van der Waals surface area contributed by atoms with Crippen LogP contribution in [0.15, 0.2) is 125 Å². The van der Waals surface area contributed by atoms with Crippen LogP contribution >= 0.6 is 46.7 Å². The molecule has 8 aliphatic heterocycles. The van der Waals surface area contributed by atoms with Crippen molar-refractivity contribution in [1.29, 1.82) is 0 Å². The quantitative estimate of drug-likeness (QED) is 0.0657. The number of aliphatic hydroxyl groups is 4. The number of rotatable bonds is 12. The van der Waals surface area contributed by atoms with Crippen LogP contribution in [0.25, 0.3) is 11.1 Å². The highest BCUT2D eigenvalue weighted by atomic mass is 35.5. The number of ether oxygens (including phenoxy) is 5. The fraction of sp³-hybridized carbons (Fsp3) is 0.303. The Bertz CT molecular complexity index is 5070. The van der Waals surface area contributed by atoms with Gasteiger partial charge in [-0.2, -0.15) is 0 Å². The molecule has 15 rings (SSSR count). The number of phenols is 6. The largest absolute Gasteiger partial charge is 0.508 e. The summed E-state index contributed by atoms with van der Waals surface area (Å²) < 4.78 is 31.6.